The Hall–Kier alpha value is -2.16. The third-order valence-electron chi connectivity index (χ3n) is 21.0. The van der Waals surface area contributed by atoms with Crippen molar-refractivity contribution >= 4 is 23.9 Å². The Morgan fingerprint density at radius 1 is 0.562 bits per heavy atom. The molecule has 12 saturated carbocycles. The summed E-state index contributed by atoms with van der Waals surface area (Å²) >= 11 is 0. The highest BCUT2D eigenvalue weighted by atomic mass is 16.7. The first-order valence-corrected chi connectivity index (χ1v) is 25.1. The van der Waals surface area contributed by atoms with Crippen LogP contribution in [0, 0.1) is 130 Å². The molecule has 0 heterocycles. The van der Waals surface area contributed by atoms with Crippen LogP contribution in [0.15, 0.2) is 0 Å². The van der Waals surface area contributed by atoms with E-state index in [0.717, 1.165) is 133 Å². The van der Waals surface area contributed by atoms with Gasteiger partial charge in [-0.2, -0.15) is 0 Å². The third-order valence-corrected chi connectivity index (χ3v) is 21.0. The maximum Gasteiger partial charge on any atom is 0.312 e. The molecule has 0 saturated heterocycles. The first-order valence-electron chi connectivity index (χ1n) is 25.1. The minimum absolute atomic E-state index is 0. The predicted molar refractivity (Wildman–Crippen MR) is 250 cm³/mol. The monoisotopic (exact) mass is 897 g/mol. The highest BCUT2D eigenvalue weighted by Crippen LogP contribution is 2.78. The van der Waals surface area contributed by atoms with Crippen molar-refractivity contribution in [3.63, 3.8) is 0 Å². The Labute approximate surface area is 388 Å². The summed E-state index contributed by atoms with van der Waals surface area (Å²) in [5, 5.41) is 7.42. The molecule has 25 atom stereocenters. The summed E-state index contributed by atoms with van der Waals surface area (Å²) in [6.07, 6.45) is 18.1. The van der Waals surface area contributed by atoms with E-state index >= 15 is 0 Å². The van der Waals surface area contributed by atoms with E-state index < -0.39 is 17.7 Å². The normalized spacial score (nSPS) is 47.5. The quantitative estimate of drug-likeness (QED) is 0.0987. The van der Waals surface area contributed by atoms with E-state index in [1.54, 1.807) is 6.92 Å². The maximum atomic E-state index is 14.0. The molecule has 0 aromatic rings. The third kappa shape index (κ3) is 8.01. The number of hydrogen-bond donors (Lipinski definition) is 1. The van der Waals surface area contributed by atoms with Gasteiger partial charge in [-0.05, 0) is 229 Å². The SMILES string of the molecule is C.C.C.C.CC(=O)O.CCC(C)(CC(C)C(=O)OC1CC2CC1C1C3CC(C4C5CCC(C5)C34)C21)C(=O)OC1CC2CC1C1C3CC(C4C5CCC(C5)C34)C21.CCOC(C)OC(C)=O. The number of esters is 3. The summed E-state index contributed by atoms with van der Waals surface area (Å²) in [5.74, 6) is 17.1. The van der Waals surface area contributed by atoms with Crippen LogP contribution >= 0.6 is 0 Å². The molecule has 0 radical (unpaired) electrons. The van der Waals surface area contributed by atoms with E-state index in [9.17, 15) is 14.4 Å². The summed E-state index contributed by atoms with van der Waals surface area (Å²) in [4.78, 5) is 47.0. The van der Waals surface area contributed by atoms with Crippen LogP contribution in [0.1, 0.15) is 168 Å². The topological polar surface area (TPSA) is 125 Å². The van der Waals surface area contributed by atoms with Crippen LogP contribution in [0.25, 0.3) is 0 Å². The molecule has 0 amide bonds. The molecule has 25 unspecified atom stereocenters. The van der Waals surface area contributed by atoms with Crippen LogP contribution in [-0.2, 0) is 38.1 Å². The Kier molecular flexibility index (Phi) is 15.3. The van der Waals surface area contributed by atoms with Crippen LogP contribution in [-0.4, -0.2) is 54.1 Å². The molecule has 9 heteroatoms. The number of hydrogen-bond acceptors (Lipinski definition) is 8. The van der Waals surface area contributed by atoms with Gasteiger partial charge >= 0.3 is 17.9 Å². The average molecular weight is 897 g/mol. The second-order valence-electron chi connectivity index (χ2n) is 23.3. The molecule has 0 spiro atoms. The van der Waals surface area contributed by atoms with Crippen molar-refractivity contribution in [1.82, 2.24) is 0 Å². The van der Waals surface area contributed by atoms with Crippen molar-refractivity contribution in [2.75, 3.05) is 6.61 Å². The van der Waals surface area contributed by atoms with Gasteiger partial charge in [-0.25, -0.2) is 0 Å². The van der Waals surface area contributed by atoms with Gasteiger partial charge in [0.25, 0.3) is 5.97 Å². The van der Waals surface area contributed by atoms with Gasteiger partial charge < -0.3 is 24.1 Å². The Morgan fingerprint density at radius 3 is 1.34 bits per heavy atom. The largest absolute Gasteiger partial charge is 0.481 e. The lowest BCUT2D eigenvalue weighted by atomic mass is 9.59. The number of rotatable bonds is 10. The fourth-order valence-corrected chi connectivity index (χ4v) is 19.9. The Balaban J connectivity index is 0.000000356. The lowest BCUT2D eigenvalue weighted by molar-refractivity contribution is -0.172. The summed E-state index contributed by atoms with van der Waals surface area (Å²) in [5.41, 5.74) is -0.620. The van der Waals surface area contributed by atoms with Crippen LogP contribution in [0.4, 0.5) is 0 Å². The maximum absolute atomic E-state index is 14.0. The molecule has 366 valence electrons. The van der Waals surface area contributed by atoms with Crippen molar-refractivity contribution in [2.45, 2.75) is 187 Å². The number of carboxylic acid groups (broad SMARTS) is 1. The summed E-state index contributed by atoms with van der Waals surface area (Å²) in [6, 6.07) is 0. The molecule has 12 bridgehead atoms. The van der Waals surface area contributed by atoms with E-state index in [1.807, 2.05) is 13.8 Å². The zero-order valence-electron chi connectivity index (χ0n) is 37.7. The summed E-state index contributed by atoms with van der Waals surface area (Å²) < 4.78 is 22.6. The number of carbonyl (C=O) groups excluding carboxylic acids is 3. The summed E-state index contributed by atoms with van der Waals surface area (Å²) in [7, 11) is 0. The van der Waals surface area contributed by atoms with E-state index in [4.69, 9.17) is 24.1 Å². The minimum atomic E-state index is -0.833. The van der Waals surface area contributed by atoms with Gasteiger partial charge in [0.1, 0.15) is 12.2 Å². The highest BCUT2D eigenvalue weighted by Gasteiger charge is 2.73. The van der Waals surface area contributed by atoms with Gasteiger partial charge in [-0.15, -0.1) is 0 Å². The Bertz CT molecular complexity index is 1690. The van der Waals surface area contributed by atoms with Crippen molar-refractivity contribution in [3.8, 4) is 0 Å². The molecule has 1 N–H and O–H groups in total. The standard InChI is InChI=1S/C43H60O4.C6H12O3.C2H4O2.4CH4/c1-4-43(3,42(45)47-32-14-24-12-26(32)40-30-16-28(38(24)40)34-20-6-8-22(10-20)36(30)34)17-18(2)41(44)46-31-13-23-11-25(31)39-29-15-27(37(23)39)33-19-5-7-21(9-19)35(29)33;1-4-8-6(3)9-5(2)7;1-2(3)4;;;;/h18-40H,4-17H2,1-3H3;6H,4H2,1-3H3;1H3,(H,3,4);4*1H4. The zero-order valence-corrected chi connectivity index (χ0v) is 37.7. The van der Waals surface area contributed by atoms with Crippen molar-refractivity contribution in [3.05, 3.63) is 0 Å². The fourth-order valence-electron chi connectivity index (χ4n) is 19.9. The molecule has 9 nitrogen and oxygen atoms in total. The number of carbonyl (C=O) groups is 4. The van der Waals surface area contributed by atoms with E-state index in [0.29, 0.717) is 24.9 Å². The zero-order chi connectivity index (χ0) is 42.1. The van der Waals surface area contributed by atoms with Gasteiger partial charge in [0.15, 0.2) is 6.29 Å². The molecular weight excluding hydrogens is 805 g/mol. The number of carboxylic acids is 1. The molecule has 64 heavy (non-hydrogen) atoms. The molecule has 12 rings (SSSR count). The number of fused-ring (bicyclic) bond motifs is 32. The van der Waals surface area contributed by atoms with Gasteiger partial charge in [0, 0.05) is 20.5 Å². The lowest BCUT2D eigenvalue weighted by Crippen LogP contribution is -2.46. The molecule has 12 aliphatic carbocycles. The van der Waals surface area contributed by atoms with Gasteiger partial charge in [-0.1, -0.05) is 43.6 Å². The number of aliphatic carboxylic acids is 1. The van der Waals surface area contributed by atoms with Crippen molar-refractivity contribution in [2.24, 2.45) is 130 Å². The molecule has 12 aliphatic rings. The molecule has 12 fully saturated rings. The second kappa shape index (κ2) is 19.1. The van der Waals surface area contributed by atoms with Crippen LogP contribution < -0.4 is 0 Å². The predicted octanol–water partition coefficient (Wildman–Crippen LogP) is 12.0. The highest BCUT2D eigenvalue weighted by molar-refractivity contribution is 5.79. The summed E-state index contributed by atoms with van der Waals surface area (Å²) in [6.45, 7) is 12.8. The van der Waals surface area contributed by atoms with Crippen molar-refractivity contribution in [1.29, 1.82) is 0 Å². The first-order chi connectivity index (χ1) is 28.7. The molecular formula is C55H92O9. The van der Waals surface area contributed by atoms with Gasteiger partial charge in [-0.3, -0.25) is 19.2 Å². The average Bonchev–Trinajstić information content (AvgIpc) is 4.05. The van der Waals surface area contributed by atoms with Crippen LogP contribution in [0.2, 0.25) is 0 Å². The molecule has 0 aliphatic heterocycles. The first kappa shape index (κ1) is 51.2. The van der Waals surface area contributed by atoms with Crippen LogP contribution in [0.5, 0.6) is 0 Å². The fraction of sp³-hybridized carbons (Fsp3) is 0.927. The van der Waals surface area contributed by atoms with E-state index in [2.05, 4.69) is 18.6 Å². The van der Waals surface area contributed by atoms with Gasteiger partial charge in [0.05, 0.1) is 11.3 Å². The Morgan fingerprint density at radius 2 is 0.953 bits per heavy atom. The van der Waals surface area contributed by atoms with E-state index in [-0.39, 0.29) is 65.7 Å². The molecule has 0 aromatic heterocycles. The van der Waals surface area contributed by atoms with Gasteiger partial charge in [0.2, 0.25) is 0 Å². The second-order valence-corrected chi connectivity index (χ2v) is 23.3. The smallest absolute Gasteiger partial charge is 0.312 e. The molecule has 0 aromatic carbocycles. The number of ether oxygens (including phenoxy) is 4. The lowest BCUT2D eigenvalue weighted by Gasteiger charge is -2.47. The van der Waals surface area contributed by atoms with E-state index in [1.165, 1.54) is 71.1 Å². The minimum Gasteiger partial charge on any atom is -0.481 e. The van der Waals surface area contributed by atoms with Crippen LogP contribution in [0.3, 0.4) is 0 Å². The van der Waals surface area contributed by atoms with Crippen molar-refractivity contribution < 1.29 is 43.2 Å².